The van der Waals surface area contributed by atoms with Crippen LogP contribution in [0.2, 0.25) is 0 Å². The van der Waals surface area contributed by atoms with Gasteiger partial charge in [0.25, 0.3) is 0 Å². The average Bonchev–Trinajstić information content (AvgIpc) is 3.66. The lowest BCUT2D eigenvalue weighted by Crippen LogP contribution is -1.97. The Balaban J connectivity index is 1.21. The molecule has 0 saturated carbocycles. The van der Waals surface area contributed by atoms with Crippen LogP contribution in [0.25, 0.3) is 82.5 Å². The molecule has 0 unspecified atom stereocenters. The molecule has 0 atom stereocenters. The zero-order valence-corrected chi connectivity index (χ0v) is 26.5. The Bertz CT molecular complexity index is 2760. The fourth-order valence-corrected chi connectivity index (χ4v) is 7.88. The van der Waals surface area contributed by atoms with Crippen molar-refractivity contribution in [2.75, 3.05) is 0 Å². The van der Waals surface area contributed by atoms with Crippen LogP contribution in [0.1, 0.15) is 18.4 Å². The zero-order valence-electron chi connectivity index (χ0n) is 26.5. The number of benzene rings is 7. The second-order valence-electron chi connectivity index (χ2n) is 12.9. The van der Waals surface area contributed by atoms with Gasteiger partial charge in [0.05, 0.1) is 27.8 Å². The van der Waals surface area contributed by atoms with Crippen LogP contribution in [-0.4, -0.2) is 9.13 Å². The van der Waals surface area contributed by atoms with Crippen molar-refractivity contribution in [1.29, 1.82) is 0 Å². The quantitative estimate of drug-likeness (QED) is 0.187. The minimum Gasteiger partial charge on any atom is -0.309 e. The van der Waals surface area contributed by atoms with Gasteiger partial charge in [0, 0.05) is 32.6 Å². The number of nitrogens with zero attached hydrogens (tertiary/aromatic N) is 2. The van der Waals surface area contributed by atoms with Crippen LogP contribution in [0.4, 0.5) is 0 Å². The molecule has 9 aromatic rings. The summed E-state index contributed by atoms with van der Waals surface area (Å²) in [5.41, 5.74) is 12.2. The summed E-state index contributed by atoms with van der Waals surface area (Å²) in [6, 6.07) is 55.9. The third-order valence-electron chi connectivity index (χ3n) is 10.1. The average molecular weight is 613 g/mol. The van der Waals surface area contributed by atoms with Crippen molar-refractivity contribution in [3.8, 4) is 22.5 Å². The maximum Gasteiger partial charge on any atom is 0.0562 e. The van der Waals surface area contributed by atoms with Crippen molar-refractivity contribution in [1.82, 2.24) is 9.13 Å². The van der Waals surface area contributed by atoms with Crippen molar-refractivity contribution in [3.63, 3.8) is 0 Å². The van der Waals surface area contributed by atoms with Crippen molar-refractivity contribution >= 4 is 60.0 Å². The van der Waals surface area contributed by atoms with E-state index in [0.717, 1.165) is 18.5 Å². The van der Waals surface area contributed by atoms with E-state index in [2.05, 4.69) is 179 Å². The van der Waals surface area contributed by atoms with E-state index in [0.29, 0.717) is 0 Å². The molecule has 2 heteroatoms. The second kappa shape index (κ2) is 10.7. The monoisotopic (exact) mass is 612 g/mol. The first-order valence-corrected chi connectivity index (χ1v) is 16.8. The highest BCUT2D eigenvalue weighted by molar-refractivity contribution is 6.19. The van der Waals surface area contributed by atoms with Crippen LogP contribution in [0.15, 0.2) is 170 Å². The third kappa shape index (κ3) is 4.13. The number of aromatic nitrogens is 2. The predicted octanol–water partition coefficient (Wildman–Crippen LogP) is 12.4. The van der Waals surface area contributed by atoms with Crippen molar-refractivity contribution in [2.45, 2.75) is 12.8 Å². The lowest BCUT2D eigenvalue weighted by molar-refractivity contribution is 1.04. The van der Waals surface area contributed by atoms with Crippen molar-refractivity contribution < 1.29 is 0 Å². The molecule has 0 fully saturated rings. The summed E-state index contributed by atoms with van der Waals surface area (Å²) in [7, 11) is 0. The fourth-order valence-electron chi connectivity index (χ4n) is 7.88. The van der Waals surface area contributed by atoms with Gasteiger partial charge in [-0.2, -0.15) is 0 Å². The van der Waals surface area contributed by atoms with E-state index < -0.39 is 0 Å². The molecule has 0 N–H and O–H groups in total. The van der Waals surface area contributed by atoms with E-state index in [1.165, 1.54) is 82.3 Å². The van der Waals surface area contributed by atoms with E-state index in [1.54, 1.807) is 0 Å². The fraction of sp³-hybridized carbons (Fsp3) is 0.0435. The molecule has 1 aliphatic rings. The first-order valence-electron chi connectivity index (χ1n) is 16.8. The SMILES string of the molecule is C1=CC(c2ccc(-c3cccc(-n4c5ccccc5c5cc6c7ccccc7n(-c7cccc8ccccc78)c6cc54)c3)cc2)=CCC1. The van der Waals surface area contributed by atoms with Gasteiger partial charge in [-0.15, -0.1) is 0 Å². The predicted molar refractivity (Wildman–Crippen MR) is 204 cm³/mol. The van der Waals surface area contributed by atoms with Crippen LogP contribution in [-0.2, 0) is 0 Å². The van der Waals surface area contributed by atoms with E-state index in [9.17, 15) is 0 Å². The van der Waals surface area contributed by atoms with Gasteiger partial charge in [0.2, 0.25) is 0 Å². The van der Waals surface area contributed by atoms with Gasteiger partial charge in [-0.3, -0.25) is 0 Å². The summed E-state index contributed by atoms with van der Waals surface area (Å²) in [5.74, 6) is 0. The molecule has 0 radical (unpaired) electrons. The van der Waals surface area contributed by atoms with E-state index in [1.807, 2.05) is 0 Å². The standard InChI is InChI=1S/C46H32N2/c1-2-12-31(13-3-1)32-24-26-33(27-25-32)35-16-10-17-36(28-35)47-43-21-8-6-19-38(43)40-29-41-39-20-7-9-22-44(39)48(46(41)30-45(40)47)42-23-11-15-34-14-4-5-18-37(34)42/h2,4-30H,1,3H2. The van der Waals surface area contributed by atoms with Gasteiger partial charge in [0.15, 0.2) is 0 Å². The molecular weight excluding hydrogens is 581 g/mol. The summed E-state index contributed by atoms with van der Waals surface area (Å²) >= 11 is 0. The number of allylic oxidation sites excluding steroid dienone is 4. The topological polar surface area (TPSA) is 9.86 Å². The molecule has 226 valence electrons. The highest BCUT2D eigenvalue weighted by atomic mass is 15.0. The molecule has 2 heterocycles. The minimum absolute atomic E-state index is 1.11. The Morgan fingerprint density at radius 2 is 1.04 bits per heavy atom. The lowest BCUT2D eigenvalue weighted by Gasteiger charge is -2.13. The number of para-hydroxylation sites is 2. The first-order chi connectivity index (χ1) is 23.8. The van der Waals surface area contributed by atoms with Gasteiger partial charge in [0.1, 0.15) is 0 Å². The smallest absolute Gasteiger partial charge is 0.0562 e. The highest BCUT2D eigenvalue weighted by Gasteiger charge is 2.19. The summed E-state index contributed by atoms with van der Waals surface area (Å²) in [6.45, 7) is 0. The van der Waals surface area contributed by atoms with Crippen LogP contribution in [0, 0.1) is 0 Å². The van der Waals surface area contributed by atoms with Crippen molar-refractivity contribution in [3.05, 3.63) is 175 Å². The van der Waals surface area contributed by atoms with E-state index in [4.69, 9.17) is 0 Å². The molecule has 0 bridgehead atoms. The van der Waals surface area contributed by atoms with E-state index >= 15 is 0 Å². The maximum absolute atomic E-state index is 2.46. The number of rotatable bonds is 4. The normalized spacial score (nSPS) is 13.3. The van der Waals surface area contributed by atoms with Gasteiger partial charge in [-0.1, -0.05) is 127 Å². The molecule has 0 aliphatic heterocycles. The summed E-state index contributed by atoms with van der Waals surface area (Å²) < 4.78 is 4.91. The zero-order chi connectivity index (χ0) is 31.6. The number of hydrogen-bond donors (Lipinski definition) is 0. The van der Waals surface area contributed by atoms with Crippen LogP contribution >= 0.6 is 0 Å². The Labute approximate surface area is 279 Å². The van der Waals surface area contributed by atoms with Crippen LogP contribution < -0.4 is 0 Å². The Kier molecular flexibility index (Phi) is 6.04. The highest BCUT2D eigenvalue weighted by Crippen LogP contribution is 2.41. The van der Waals surface area contributed by atoms with Gasteiger partial charge in [-0.25, -0.2) is 0 Å². The molecular formula is C46H32N2. The van der Waals surface area contributed by atoms with Gasteiger partial charge >= 0.3 is 0 Å². The van der Waals surface area contributed by atoms with Crippen LogP contribution in [0.3, 0.4) is 0 Å². The Morgan fingerprint density at radius 1 is 0.396 bits per heavy atom. The Morgan fingerprint density at radius 3 is 1.81 bits per heavy atom. The summed E-state index contributed by atoms with van der Waals surface area (Å²) in [5, 5.41) is 7.56. The largest absolute Gasteiger partial charge is 0.309 e. The molecule has 0 saturated heterocycles. The van der Waals surface area contributed by atoms with E-state index in [-0.39, 0.29) is 0 Å². The number of fused-ring (bicyclic) bond motifs is 7. The second-order valence-corrected chi connectivity index (χ2v) is 12.9. The molecule has 2 nitrogen and oxygen atoms in total. The third-order valence-corrected chi connectivity index (χ3v) is 10.1. The molecule has 2 aromatic heterocycles. The lowest BCUT2D eigenvalue weighted by atomic mass is 9.97. The molecule has 7 aromatic carbocycles. The molecule has 1 aliphatic carbocycles. The summed E-state index contributed by atoms with van der Waals surface area (Å²) in [6.07, 6.45) is 9.11. The molecule has 10 rings (SSSR count). The Hall–Kier alpha value is -6.12. The van der Waals surface area contributed by atoms with Gasteiger partial charge in [-0.05, 0) is 83.0 Å². The van der Waals surface area contributed by atoms with Crippen molar-refractivity contribution in [2.24, 2.45) is 0 Å². The molecule has 0 amide bonds. The summed E-state index contributed by atoms with van der Waals surface area (Å²) in [4.78, 5) is 0. The minimum atomic E-state index is 1.11. The first kappa shape index (κ1) is 27.0. The maximum atomic E-state index is 2.46. The molecule has 48 heavy (non-hydrogen) atoms. The molecule has 0 spiro atoms. The van der Waals surface area contributed by atoms with Gasteiger partial charge < -0.3 is 9.13 Å². The number of hydrogen-bond acceptors (Lipinski definition) is 0. The van der Waals surface area contributed by atoms with Crippen LogP contribution in [0.5, 0.6) is 0 Å².